The number of aliphatic carboxylic acids is 1. The van der Waals surface area contributed by atoms with Gasteiger partial charge in [-0.1, -0.05) is 18.0 Å². The van der Waals surface area contributed by atoms with Crippen LogP contribution in [0.1, 0.15) is 45.9 Å². The van der Waals surface area contributed by atoms with Crippen molar-refractivity contribution in [3.05, 3.63) is 71.0 Å². The molecule has 4 heterocycles. The molecule has 0 spiro atoms. The number of anilines is 2. The Labute approximate surface area is 305 Å². The number of carbonyl (C=O) groups is 4. The number of hydrogen-bond acceptors (Lipinski definition) is 10. The Kier molecular flexibility index (Phi) is 12.0. The number of hydrogen-bond donors (Lipinski definition) is 5. The number of benzene rings is 1. The highest BCUT2D eigenvalue weighted by Gasteiger charge is 2.39. The molecule has 1 fully saturated rings. The molecule has 16 nitrogen and oxygen atoms in total. The van der Waals surface area contributed by atoms with E-state index in [0.29, 0.717) is 31.5 Å². The molecule has 0 saturated carbocycles. The van der Waals surface area contributed by atoms with Crippen molar-refractivity contribution in [2.24, 2.45) is 12.8 Å². The molecule has 3 amide bonds. The van der Waals surface area contributed by atoms with Crippen LogP contribution >= 0.6 is 11.6 Å². The van der Waals surface area contributed by atoms with Crippen molar-refractivity contribution in [2.45, 2.75) is 31.5 Å². The summed E-state index contributed by atoms with van der Waals surface area (Å²) in [6, 6.07) is 6.45. The lowest BCUT2D eigenvalue weighted by Gasteiger charge is -2.36. The van der Waals surface area contributed by atoms with E-state index in [0.717, 1.165) is 17.1 Å². The monoisotopic (exact) mass is 759 g/mol. The van der Waals surface area contributed by atoms with Crippen molar-refractivity contribution in [1.29, 1.82) is 0 Å². The topological polar surface area (TPSA) is 220 Å². The predicted molar refractivity (Wildman–Crippen MR) is 187 cm³/mol. The molecule has 1 aliphatic rings. The summed E-state index contributed by atoms with van der Waals surface area (Å²) in [7, 11) is 1.39. The van der Waals surface area contributed by atoms with Crippen LogP contribution in [0.25, 0.3) is 17.1 Å². The summed E-state index contributed by atoms with van der Waals surface area (Å²) in [6.07, 6.45) is 0.484. The average molecular weight is 760 g/mol. The third-order valence-electron chi connectivity index (χ3n) is 8.50. The van der Waals surface area contributed by atoms with Gasteiger partial charge in [0.05, 0.1) is 52.5 Å². The number of halogens is 4. The molecule has 53 heavy (non-hydrogen) atoms. The van der Waals surface area contributed by atoms with E-state index in [4.69, 9.17) is 28.2 Å². The van der Waals surface area contributed by atoms with Gasteiger partial charge < -0.3 is 41.6 Å². The quantitative estimate of drug-likeness (QED) is 0.125. The van der Waals surface area contributed by atoms with Gasteiger partial charge in [-0.25, -0.2) is 14.6 Å². The molecular formula is C33H37ClF3N11O5. The van der Waals surface area contributed by atoms with Crippen molar-refractivity contribution in [3.8, 4) is 17.1 Å². The molecule has 7 N–H and O–H groups in total. The van der Waals surface area contributed by atoms with Gasteiger partial charge in [0, 0.05) is 45.1 Å². The van der Waals surface area contributed by atoms with Gasteiger partial charge >= 0.3 is 12.1 Å². The number of nitrogens with two attached hydrogens (primary N) is 2. The Balaban J connectivity index is 1.18. The summed E-state index contributed by atoms with van der Waals surface area (Å²) in [5.74, 6) is -2.39. The summed E-state index contributed by atoms with van der Waals surface area (Å²) in [4.78, 5) is 61.2. The highest BCUT2D eigenvalue weighted by molar-refractivity contribution is 6.34. The Hall–Kier alpha value is -5.53. The molecule has 1 aliphatic heterocycles. The zero-order valence-electron chi connectivity index (χ0n) is 28.4. The maximum atomic E-state index is 14.0. The molecule has 3 aromatic heterocycles. The van der Waals surface area contributed by atoms with Gasteiger partial charge in [-0.15, -0.1) is 0 Å². The van der Waals surface area contributed by atoms with Crippen LogP contribution in [0.5, 0.6) is 0 Å². The number of carboxylic acids is 1. The minimum Gasteiger partial charge on any atom is -0.480 e. The standard InChI is InChI=1S/C33H37ClF3N11O5/c1-45-25(22-18-48(44-28(22)33(35,36)37)26-8-5-19(38)15-41-26)16-42-29(45)30(51)43-20-6-7-21(23(34)14-20)31(52)46-10-12-47(13-11-46)32(53)24(39)4-2-3-9-40-17-27(49)50/h5-8,14-16,18,24,40H,2-4,9-13,17,38-39H2,1H3,(H,43,51)(H,49,50)/t24-/m0/s1. The number of aromatic nitrogens is 5. The van der Waals surface area contributed by atoms with E-state index in [9.17, 15) is 32.3 Å². The molecule has 1 atom stereocenters. The average Bonchev–Trinajstić information content (AvgIpc) is 3.73. The predicted octanol–water partition coefficient (Wildman–Crippen LogP) is 2.63. The first-order valence-electron chi connectivity index (χ1n) is 16.4. The van der Waals surface area contributed by atoms with Gasteiger partial charge in [-0.05, 0) is 49.7 Å². The first-order valence-corrected chi connectivity index (χ1v) is 16.8. The second-order valence-electron chi connectivity index (χ2n) is 12.2. The van der Waals surface area contributed by atoms with Gasteiger partial charge in [0.2, 0.25) is 5.91 Å². The Morgan fingerprint density at radius 2 is 1.74 bits per heavy atom. The molecule has 0 unspecified atom stereocenters. The van der Waals surface area contributed by atoms with Crippen LogP contribution in [0.15, 0.2) is 48.9 Å². The van der Waals surface area contributed by atoms with Crippen LogP contribution in [0.4, 0.5) is 24.5 Å². The highest BCUT2D eigenvalue weighted by atomic mass is 35.5. The number of carbonyl (C=O) groups excluding carboxylic acids is 3. The largest absolute Gasteiger partial charge is 0.480 e. The van der Waals surface area contributed by atoms with E-state index in [2.05, 4.69) is 25.7 Å². The number of nitrogen functional groups attached to an aromatic ring is 1. The number of amides is 3. The SMILES string of the molecule is Cn1c(-c2cn(-c3ccc(N)cn3)nc2C(F)(F)F)cnc1C(=O)Nc1ccc(C(=O)N2CCN(C(=O)[C@@H](N)CCCCNCC(=O)O)CC2)c(Cl)c1. The molecule has 282 valence electrons. The minimum absolute atomic E-state index is 0.0329. The first kappa shape index (κ1) is 38.7. The molecule has 4 aromatic rings. The van der Waals surface area contributed by atoms with E-state index in [1.807, 2.05) is 0 Å². The maximum absolute atomic E-state index is 14.0. The van der Waals surface area contributed by atoms with Gasteiger partial charge in [0.25, 0.3) is 11.8 Å². The maximum Gasteiger partial charge on any atom is 0.435 e. The molecule has 0 bridgehead atoms. The van der Waals surface area contributed by atoms with Crippen LogP contribution in [0, 0.1) is 0 Å². The molecule has 0 radical (unpaired) electrons. The van der Waals surface area contributed by atoms with E-state index in [-0.39, 0.29) is 83.7 Å². The van der Waals surface area contributed by atoms with Crippen LogP contribution in [-0.2, 0) is 22.8 Å². The van der Waals surface area contributed by atoms with Gasteiger partial charge in [-0.3, -0.25) is 19.2 Å². The van der Waals surface area contributed by atoms with Crippen molar-refractivity contribution < 1.29 is 37.5 Å². The van der Waals surface area contributed by atoms with Crippen molar-refractivity contribution >= 4 is 46.7 Å². The zero-order chi connectivity index (χ0) is 38.4. The van der Waals surface area contributed by atoms with E-state index in [1.54, 1.807) is 9.80 Å². The zero-order valence-corrected chi connectivity index (χ0v) is 29.2. The lowest BCUT2D eigenvalue weighted by Crippen LogP contribution is -2.54. The van der Waals surface area contributed by atoms with Crippen LogP contribution < -0.4 is 22.1 Å². The molecule has 0 aliphatic carbocycles. The summed E-state index contributed by atoms with van der Waals surface area (Å²) in [5.41, 5.74) is 10.9. The number of nitrogens with zero attached hydrogens (tertiary/aromatic N) is 7. The number of alkyl halides is 3. The second-order valence-corrected chi connectivity index (χ2v) is 12.7. The molecule has 5 rings (SSSR count). The lowest BCUT2D eigenvalue weighted by atomic mass is 10.1. The minimum atomic E-state index is -4.83. The Morgan fingerprint density at radius 1 is 1.02 bits per heavy atom. The molecule has 1 aromatic carbocycles. The summed E-state index contributed by atoms with van der Waals surface area (Å²) < 4.78 is 44.2. The molecular weight excluding hydrogens is 723 g/mol. The third-order valence-corrected chi connectivity index (χ3v) is 8.82. The number of piperazine rings is 1. The molecule has 20 heteroatoms. The van der Waals surface area contributed by atoms with Crippen molar-refractivity contribution in [3.63, 3.8) is 0 Å². The fraction of sp³-hybridized carbons (Fsp3) is 0.364. The smallest absolute Gasteiger partial charge is 0.435 e. The fourth-order valence-corrected chi connectivity index (χ4v) is 5.97. The number of imidazole rings is 1. The van der Waals surface area contributed by atoms with Gasteiger partial charge in [-0.2, -0.15) is 18.3 Å². The Morgan fingerprint density at radius 3 is 2.38 bits per heavy atom. The number of unbranched alkanes of at least 4 members (excludes halogenated alkanes) is 1. The summed E-state index contributed by atoms with van der Waals surface area (Å²) in [5, 5.41) is 17.8. The summed E-state index contributed by atoms with van der Waals surface area (Å²) in [6.45, 7) is 1.42. The van der Waals surface area contributed by atoms with Gasteiger partial charge in [0.1, 0.15) is 0 Å². The molecule has 1 saturated heterocycles. The lowest BCUT2D eigenvalue weighted by molar-refractivity contribution is -0.141. The fourth-order valence-electron chi connectivity index (χ4n) is 5.71. The van der Waals surface area contributed by atoms with Crippen molar-refractivity contribution in [2.75, 3.05) is 50.3 Å². The Bertz CT molecular complexity index is 1980. The van der Waals surface area contributed by atoms with Crippen LogP contribution in [0.3, 0.4) is 0 Å². The van der Waals surface area contributed by atoms with E-state index in [1.165, 1.54) is 48.1 Å². The van der Waals surface area contributed by atoms with Gasteiger partial charge in [0.15, 0.2) is 17.3 Å². The third kappa shape index (κ3) is 9.29. The van der Waals surface area contributed by atoms with Crippen LogP contribution in [0.2, 0.25) is 5.02 Å². The first-order chi connectivity index (χ1) is 25.1. The second kappa shape index (κ2) is 16.4. The number of rotatable bonds is 13. The normalized spacial score (nSPS) is 13.9. The number of nitrogens with one attached hydrogen (secondary N) is 2. The number of pyridine rings is 1. The van der Waals surface area contributed by atoms with Crippen LogP contribution in [-0.4, -0.2) is 108 Å². The van der Waals surface area contributed by atoms with E-state index >= 15 is 0 Å². The number of carboxylic acid groups (broad SMARTS) is 1. The highest BCUT2D eigenvalue weighted by Crippen LogP contribution is 2.37. The van der Waals surface area contributed by atoms with Crippen molar-refractivity contribution in [1.82, 2.24) is 39.4 Å². The summed E-state index contributed by atoms with van der Waals surface area (Å²) >= 11 is 6.46. The van der Waals surface area contributed by atoms with E-state index < -0.39 is 29.8 Å².